The van der Waals surface area contributed by atoms with Crippen molar-refractivity contribution in [2.75, 3.05) is 6.61 Å². The summed E-state index contributed by atoms with van der Waals surface area (Å²) in [6, 6.07) is 22.2. The van der Waals surface area contributed by atoms with Crippen LogP contribution in [-0.2, 0) is 6.54 Å². The third-order valence-electron chi connectivity index (χ3n) is 6.46. The Morgan fingerprint density at radius 1 is 1.06 bits per heavy atom. The number of benzene rings is 3. The zero-order valence-electron chi connectivity index (χ0n) is 20.1. The Balaban J connectivity index is 1.59. The largest absolute Gasteiger partial charge is 0.507 e. The molecule has 2 heterocycles. The molecule has 1 aliphatic heterocycles. The first kappa shape index (κ1) is 23.9. The van der Waals surface area contributed by atoms with Gasteiger partial charge in [0.15, 0.2) is 0 Å². The van der Waals surface area contributed by atoms with E-state index in [9.17, 15) is 9.90 Å². The number of halogens is 1. The Bertz CT molecular complexity index is 1370. The van der Waals surface area contributed by atoms with Gasteiger partial charge in [0, 0.05) is 22.7 Å². The Morgan fingerprint density at radius 2 is 1.89 bits per heavy atom. The predicted octanol–water partition coefficient (Wildman–Crippen LogP) is 6.75. The second-order valence-corrected chi connectivity index (χ2v) is 9.41. The summed E-state index contributed by atoms with van der Waals surface area (Å²) in [5, 5.41) is 18.5. The minimum atomic E-state index is -0.418. The van der Waals surface area contributed by atoms with Crippen molar-refractivity contribution in [3.63, 3.8) is 0 Å². The minimum absolute atomic E-state index is 0.0504. The van der Waals surface area contributed by atoms with Crippen LogP contribution in [-0.4, -0.2) is 32.7 Å². The number of H-pyrrole nitrogens is 1. The molecule has 1 amide bonds. The van der Waals surface area contributed by atoms with Gasteiger partial charge in [-0.1, -0.05) is 73.8 Å². The first-order valence-corrected chi connectivity index (χ1v) is 12.6. The van der Waals surface area contributed by atoms with Crippen molar-refractivity contribution in [1.82, 2.24) is 15.1 Å². The number of phenols is 1. The number of rotatable bonds is 9. The molecule has 3 aromatic carbocycles. The fraction of sp³-hybridized carbons (Fsp3) is 0.241. The van der Waals surface area contributed by atoms with E-state index in [1.165, 1.54) is 6.07 Å². The van der Waals surface area contributed by atoms with Gasteiger partial charge in [-0.25, -0.2) is 0 Å². The van der Waals surface area contributed by atoms with Crippen LogP contribution in [0.5, 0.6) is 11.5 Å². The number of fused-ring (bicyclic) bond motifs is 1. The van der Waals surface area contributed by atoms with Crippen molar-refractivity contribution in [3.05, 3.63) is 100 Å². The van der Waals surface area contributed by atoms with Crippen LogP contribution in [0.1, 0.15) is 59.4 Å². The van der Waals surface area contributed by atoms with Gasteiger partial charge in [-0.05, 0) is 47.9 Å². The molecule has 0 radical (unpaired) electrons. The van der Waals surface area contributed by atoms with E-state index in [0.717, 1.165) is 41.7 Å². The number of carbonyl (C=O) groups excluding carboxylic acids is 1. The highest BCUT2D eigenvalue weighted by Crippen LogP contribution is 2.46. The molecule has 7 heteroatoms. The van der Waals surface area contributed by atoms with E-state index in [-0.39, 0.29) is 11.7 Å². The van der Waals surface area contributed by atoms with Crippen LogP contribution in [0.4, 0.5) is 0 Å². The minimum Gasteiger partial charge on any atom is -0.507 e. The molecule has 1 aromatic heterocycles. The Hall–Kier alpha value is -3.77. The number of ether oxygens (including phenoxy) is 1. The van der Waals surface area contributed by atoms with E-state index in [1.54, 1.807) is 12.1 Å². The van der Waals surface area contributed by atoms with Crippen LogP contribution in [0.25, 0.3) is 11.3 Å². The van der Waals surface area contributed by atoms with Gasteiger partial charge < -0.3 is 14.7 Å². The number of aromatic nitrogens is 2. The van der Waals surface area contributed by atoms with Gasteiger partial charge in [0.05, 0.1) is 12.6 Å². The molecule has 0 spiro atoms. The quantitative estimate of drug-likeness (QED) is 0.249. The molecule has 5 rings (SSSR count). The lowest BCUT2D eigenvalue weighted by Gasteiger charge is -2.27. The molecule has 2 N–H and O–H groups in total. The normalized spacial score (nSPS) is 14.8. The monoisotopic (exact) mass is 501 g/mol. The first-order valence-electron chi connectivity index (χ1n) is 12.2. The first-order chi connectivity index (χ1) is 17.6. The molecular formula is C29H28ClN3O3. The molecule has 1 unspecified atom stereocenters. The zero-order chi connectivity index (χ0) is 25.1. The summed E-state index contributed by atoms with van der Waals surface area (Å²) in [4.78, 5) is 15.5. The molecule has 36 heavy (non-hydrogen) atoms. The van der Waals surface area contributed by atoms with E-state index in [0.29, 0.717) is 35.1 Å². The highest BCUT2D eigenvalue weighted by Gasteiger charge is 2.42. The van der Waals surface area contributed by atoms with E-state index >= 15 is 0 Å². The van der Waals surface area contributed by atoms with Gasteiger partial charge in [-0.15, -0.1) is 0 Å². The van der Waals surface area contributed by atoms with Crippen molar-refractivity contribution < 1.29 is 14.6 Å². The van der Waals surface area contributed by atoms with Crippen LogP contribution in [0.3, 0.4) is 0 Å². The third kappa shape index (κ3) is 4.69. The van der Waals surface area contributed by atoms with Gasteiger partial charge in [0.25, 0.3) is 5.91 Å². The SMILES string of the molecule is CCCCCOc1cccc(C2c3c(-c4cc(Cl)ccc4O)n[nH]c3C(=O)N2Cc2ccccc2)c1. The average molecular weight is 502 g/mol. The van der Waals surface area contributed by atoms with Crippen molar-refractivity contribution >= 4 is 17.5 Å². The number of nitrogens with one attached hydrogen (secondary N) is 1. The summed E-state index contributed by atoms with van der Waals surface area (Å²) in [5.74, 6) is 0.669. The number of unbranched alkanes of at least 4 members (excludes halogenated alkanes) is 2. The maximum atomic E-state index is 13.6. The fourth-order valence-corrected chi connectivity index (χ4v) is 4.88. The Kier molecular flexibility index (Phi) is 6.96. The fourth-order valence-electron chi connectivity index (χ4n) is 4.71. The molecule has 1 atom stereocenters. The van der Waals surface area contributed by atoms with Crippen molar-refractivity contribution in [2.24, 2.45) is 0 Å². The lowest BCUT2D eigenvalue weighted by molar-refractivity contribution is 0.0730. The van der Waals surface area contributed by atoms with Gasteiger partial charge in [0.2, 0.25) is 0 Å². The maximum Gasteiger partial charge on any atom is 0.273 e. The summed E-state index contributed by atoms with van der Waals surface area (Å²) in [6.07, 6.45) is 3.24. The molecule has 0 aliphatic carbocycles. The van der Waals surface area contributed by atoms with Gasteiger partial charge >= 0.3 is 0 Å². The summed E-state index contributed by atoms with van der Waals surface area (Å²) in [7, 11) is 0. The lowest BCUT2D eigenvalue weighted by Crippen LogP contribution is -2.29. The molecule has 0 bridgehead atoms. The van der Waals surface area contributed by atoms with Crippen LogP contribution in [0, 0.1) is 0 Å². The van der Waals surface area contributed by atoms with Gasteiger partial charge in [-0.3, -0.25) is 9.89 Å². The van der Waals surface area contributed by atoms with E-state index in [1.807, 2.05) is 59.5 Å². The van der Waals surface area contributed by atoms with E-state index in [4.69, 9.17) is 16.3 Å². The summed E-state index contributed by atoms with van der Waals surface area (Å²) in [6.45, 7) is 3.24. The lowest BCUT2D eigenvalue weighted by atomic mass is 9.95. The number of aromatic amines is 1. The summed E-state index contributed by atoms with van der Waals surface area (Å²) in [5.41, 5.74) is 4.05. The Labute approximate surface area is 215 Å². The van der Waals surface area contributed by atoms with Crippen molar-refractivity contribution in [1.29, 1.82) is 0 Å². The molecule has 1 aliphatic rings. The maximum absolute atomic E-state index is 13.6. The molecular weight excluding hydrogens is 474 g/mol. The van der Waals surface area contributed by atoms with Crippen LogP contribution < -0.4 is 4.74 Å². The molecule has 4 aromatic rings. The second kappa shape index (κ2) is 10.5. The highest BCUT2D eigenvalue weighted by molar-refractivity contribution is 6.31. The number of hydrogen-bond acceptors (Lipinski definition) is 4. The predicted molar refractivity (Wildman–Crippen MR) is 140 cm³/mol. The van der Waals surface area contributed by atoms with Crippen LogP contribution in [0.15, 0.2) is 72.8 Å². The average Bonchev–Trinajstić information content (AvgIpc) is 3.43. The Morgan fingerprint density at radius 3 is 2.69 bits per heavy atom. The standard InChI is InChI=1S/C29H28ClN3O3/c1-2-3-7-15-36-22-12-8-11-20(16-22)28-25-26(23-17-21(30)13-14-24(23)34)31-32-27(25)29(35)33(28)18-19-9-5-4-6-10-19/h4-6,8-14,16-17,28,34H,2-3,7,15,18H2,1H3,(H,31,32). The van der Waals surface area contributed by atoms with E-state index in [2.05, 4.69) is 17.1 Å². The van der Waals surface area contributed by atoms with Gasteiger partial charge in [0.1, 0.15) is 22.9 Å². The van der Waals surface area contributed by atoms with Crippen LogP contribution in [0.2, 0.25) is 5.02 Å². The second-order valence-electron chi connectivity index (χ2n) is 8.97. The van der Waals surface area contributed by atoms with E-state index < -0.39 is 6.04 Å². The topological polar surface area (TPSA) is 78.5 Å². The van der Waals surface area contributed by atoms with Crippen LogP contribution >= 0.6 is 11.6 Å². The summed E-state index contributed by atoms with van der Waals surface area (Å²) < 4.78 is 6.02. The van der Waals surface area contributed by atoms with Crippen molar-refractivity contribution in [3.8, 4) is 22.8 Å². The number of hydrogen-bond donors (Lipinski definition) is 2. The molecule has 6 nitrogen and oxygen atoms in total. The number of aromatic hydroxyl groups is 1. The highest BCUT2D eigenvalue weighted by atomic mass is 35.5. The number of carbonyl (C=O) groups is 1. The molecule has 184 valence electrons. The smallest absolute Gasteiger partial charge is 0.273 e. The number of phenolic OH excluding ortho intramolecular Hbond substituents is 1. The number of nitrogens with zero attached hydrogens (tertiary/aromatic N) is 2. The molecule has 0 saturated heterocycles. The third-order valence-corrected chi connectivity index (χ3v) is 6.70. The molecule has 0 saturated carbocycles. The summed E-state index contributed by atoms with van der Waals surface area (Å²) >= 11 is 6.25. The zero-order valence-corrected chi connectivity index (χ0v) is 20.8. The van der Waals surface area contributed by atoms with Gasteiger partial charge in [-0.2, -0.15) is 5.10 Å². The van der Waals surface area contributed by atoms with Crippen molar-refractivity contribution in [2.45, 2.75) is 38.8 Å². The number of amides is 1. The molecule has 0 fully saturated rings.